The molecule has 1 aromatic rings. The van der Waals surface area contributed by atoms with E-state index < -0.39 is 0 Å². The molecule has 2 aliphatic rings. The highest BCUT2D eigenvalue weighted by molar-refractivity contribution is 5.09. The summed E-state index contributed by atoms with van der Waals surface area (Å²) in [6.07, 6.45) is 5.48. The molecule has 0 aromatic carbocycles. The second-order valence-corrected chi connectivity index (χ2v) is 6.17. The van der Waals surface area contributed by atoms with Crippen LogP contribution in [0.3, 0.4) is 0 Å². The van der Waals surface area contributed by atoms with E-state index in [1.165, 1.54) is 51.0 Å². The van der Waals surface area contributed by atoms with Gasteiger partial charge in [-0.1, -0.05) is 6.07 Å². The van der Waals surface area contributed by atoms with Crippen LogP contribution in [0.4, 0.5) is 0 Å². The van der Waals surface area contributed by atoms with Crippen LogP contribution in [0, 0.1) is 12.8 Å². The molecule has 3 rings (SSSR count). The number of rotatable bonds is 5. The van der Waals surface area contributed by atoms with E-state index >= 15 is 0 Å². The molecule has 0 atom stereocenters. The van der Waals surface area contributed by atoms with E-state index in [1.807, 2.05) is 0 Å². The summed E-state index contributed by atoms with van der Waals surface area (Å²) < 4.78 is 0. The van der Waals surface area contributed by atoms with E-state index in [1.54, 1.807) is 0 Å². The smallest absolute Gasteiger partial charge is 0.0547 e. The van der Waals surface area contributed by atoms with E-state index in [2.05, 4.69) is 40.3 Å². The van der Waals surface area contributed by atoms with Crippen LogP contribution in [0.2, 0.25) is 0 Å². The summed E-state index contributed by atoms with van der Waals surface area (Å²) >= 11 is 0. The molecule has 19 heavy (non-hydrogen) atoms. The Balaban J connectivity index is 1.42. The zero-order chi connectivity index (χ0) is 13.1. The van der Waals surface area contributed by atoms with Gasteiger partial charge in [-0.25, -0.2) is 0 Å². The molecule has 2 heterocycles. The van der Waals surface area contributed by atoms with Crippen molar-refractivity contribution in [2.45, 2.75) is 45.2 Å². The highest BCUT2D eigenvalue weighted by atomic mass is 15.1. The Morgan fingerprint density at radius 3 is 2.68 bits per heavy atom. The first-order valence-corrected chi connectivity index (χ1v) is 7.68. The molecule has 1 aliphatic heterocycles. The van der Waals surface area contributed by atoms with Gasteiger partial charge in [0.25, 0.3) is 0 Å². The van der Waals surface area contributed by atoms with E-state index in [9.17, 15) is 0 Å². The summed E-state index contributed by atoms with van der Waals surface area (Å²) in [7, 11) is 0. The van der Waals surface area contributed by atoms with Gasteiger partial charge in [-0.15, -0.1) is 0 Å². The van der Waals surface area contributed by atoms with Gasteiger partial charge in [0.15, 0.2) is 0 Å². The van der Waals surface area contributed by atoms with Crippen molar-refractivity contribution >= 4 is 0 Å². The van der Waals surface area contributed by atoms with Crippen LogP contribution < -0.4 is 5.32 Å². The monoisotopic (exact) mass is 259 g/mol. The van der Waals surface area contributed by atoms with Crippen LogP contribution in [0.15, 0.2) is 18.2 Å². The molecule has 0 radical (unpaired) electrons. The Morgan fingerprint density at radius 2 is 2.00 bits per heavy atom. The number of aromatic nitrogens is 1. The zero-order valence-corrected chi connectivity index (χ0v) is 11.9. The molecule has 1 aliphatic carbocycles. The fraction of sp³-hybridized carbons (Fsp3) is 0.688. The molecule has 0 amide bonds. The van der Waals surface area contributed by atoms with Gasteiger partial charge in [0.1, 0.15) is 0 Å². The predicted octanol–water partition coefficient (Wildman–Crippen LogP) is 2.35. The van der Waals surface area contributed by atoms with E-state index in [0.717, 1.165) is 24.2 Å². The first kappa shape index (κ1) is 13.1. The average Bonchev–Trinajstić information content (AvgIpc) is 3.22. The summed E-state index contributed by atoms with van der Waals surface area (Å²) in [5, 5.41) is 3.67. The molecule has 0 spiro atoms. The Bertz CT molecular complexity index is 406. The number of nitrogens with one attached hydrogen (secondary N) is 1. The van der Waals surface area contributed by atoms with Crippen molar-refractivity contribution in [3.63, 3.8) is 0 Å². The SMILES string of the molecule is Cc1cccc(CN2CCC(CNC3CC3)CC2)n1. The normalized spacial score (nSPS) is 21.7. The summed E-state index contributed by atoms with van der Waals surface area (Å²) in [5.74, 6) is 0.891. The van der Waals surface area contributed by atoms with Crippen molar-refractivity contribution < 1.29 is 0 Å². The van der Waals surface area contributed by atoms with E-state index in [4.69, 9.17) is 0 Å². The van der Waals surface area contributed by atoms with Crippen molar-refractivity contribution in [3.8, 4) is 0 Å². The van der Waals surface area contributed by atoms with Crippen LogP contribution in [0.25, 0.3) is 0 Å². The number of piperidine rings is 1. The van der Waals surface area contributed by atoms with Gasteiger partial charge in [0.05, 0.1) is 5.69 Å². The summed E-state index contributed by atoms with van der Waals surface area (Å²) in [6.45, 7) is 6.78. The lowest BCUT2D eigenvalue weighted by Crippen LogP contribution is -2.37. The molecule has 1 saturated heterocycles. The molecular weight excluding hydrogens is 234 g/mol. The third kappa shape index (κ3) is 4.02. The summed E-state index contributed by atoms with van der Waals surface area (Å²) in [4.78, 5) is 7.15. The van der Waals surface area contributed by atoms with Gasteiger partial charge in [-0.3, -0.25) is 9.88 Å². The van der Waals surface area contributed by atoms with Crippen LogP contribution in [0.5, 0.6) is 0 Å². The predicted molar refractivity (Wildman–Crippen MR) is 78.0 cm³/mol. The Labute approximate surface area is 116 Å². The lowest BCUT2D eigenvalue weighted by molar-refractivity contribution is 0.173. The minimum absolute atomic E-state index is 0.856. The topological polar surface area (TPSA) is 28.2 Å². The van der Waals surface area contributed by atoms with Crippen molar-refractivity contribution in [3.05, 3.63) is 29.6 Å². The highest BCUT2D eigenvalue weighted by Gasteiger charge is 2.24. The Kier molecular flexibility index (Phi) is 4.14. The molecule has 1 saturated carbocycles. The second kappa shape index (κ2) is 6.02. The second-order valence-electron chi connectivity index (χ2n) is 6.17. The van der Waals surface area contributed by atoms with Crippen LogP contribution in [0.1, 0.15) is 37.1 Å². The summed E-state index contributed by atoms with van der Waals surface area (Å²) in [5.41, 5.74) is 2.34. The van der Waals surface area contributed by atoms with Crippen molar-refractivity contribution in [2.75, 3.05) is 19.6 Å². The maximum absolute atomic E-state index is 4.60. The number of likely N-dealkylation sites (tertiary alicyclic amines) is 1. The average molecular weight is 259 g/mol. The molecule has 104 valence electrons. The molecular formula is C16H25N3. The standard InChI is InChI=1S/C16H25N3/c1-13-3-2-4-16(18-13)12-19-9-7-14(8-10-19)11-17-15-5-6-15/h2-4,14-15,17H,5-12H2,1H3. The zero-order valence-electron chi connectivity index (χ0n) is 11.9. The van der Waals surface area contributed by atoms with Crippen molar-refractivity contribution in [1.82, 2.24) is 15.2 Å². The molecule has 1 aromatic heterocycles. The van der Waals surface area contributed by atoms with Crippen LogP contribution in [-0.2, 0) is 6.54 Å². The highest BCUT2D eigenvalue weighted by Crippen LogP contribution is 2.22. The van der Waals surface area contributed by atoms with Gasteiger partial charge in [0, 0.05) is 18.3 Å². The molecule has 3 heteroatoms. The first-order valence-electron chi connectivity index (χ1n) is 7.68. The number of nitrogens with zero attached hydrogens (tertiary/aromatic N) is 2. The molecule has 1 N–H and O–H groups in total. The molecule has 3 nitrogen and oxygen atoms in total. The van der Waals surface area contributed by atoms with Crippen LogP contribution >= 0.6 is 0 Å². The molecule has 0 unspecified atom stereocenters. The maximum atomic E-state index is 4.60. The van der Waals surface area contributed by atoms with Gasteiger partial charge in [-0.05, 0) is 70.3 Å². The molecule has 2 fully saturated rings. The third-order valence-corrected chi connectivity index (χ3v) is 4.31. The molecule has 0 bridgehead atoms. The van der Waals surface area contributed by atoms with Gasteiger partial charge < -0.3 is 5.32 Å². The number of hydrogen-bond acceptors (Lipinski definition) is 3. The minimum atomic E-state index is 0.856. The fourth-order valence-corrected chi connectivity index (χ4v) is 2.89. The Hall–Kier alpha value is -0.930. The number of aryl methyl sites for hydroxylation is 1. The van der Waals surface area contributed by atoms with Gasteiger partial charge in [-0.2, -0.15) is 0 Å². The Morgan fingerprint density at radius 1 is 1.21 bits per heavy atom. The maximum Gasteiger partial charge on any atom is 0.0547 e. The number of pyridine rings is 1. The van der Waals surface area contributed by atoms with Gasteiger partial charge >= 0.3 is 0 Å². The fourth-order valence-electron chi connectivity index (χ4n) is 2.89. The van der Waals surface area contributed by atoms with Crippen LogP contribution in [-0.4, -0.2) is 35.6 Å². The quantitative estimate of drug-likeness (QED) is 0.880. The third-order valence-electron chi connectivity index (χ3n) is 4.31. The largest absolute Gasteiger partial charge is 0.314 e. The lowest BCUT2D eigenvalue weighted by Gasteiger charge is -2.31. The number of hydrogen-bond donors (Lipinski definition) is 1. The van der Waals surface area contributed by atoms with E-state index in [0.29, 0.717) is 0 Å². The lowest BCUT2D eigenvalue weighted by atomic mass is 9.96. The van der Waals surface area contributed by atoms with Gasteiger partial charge in [0.2, 0.25) is 0 Å². The minimum Gasteiger partial charge on any atom is -0.314 e. The first-order chi connectivity index (χ1) is 9.29. The van der Waals surface area contributed by atoms with E-state index in [-0.39, 0.29) is 0 Å². The van der Waals surface area contributed by atoms with Crippen molar-refractivity contribution in [2.24, 2.45) is 5.92 Å². The summed E-state index contributed by atoms with van der Waals surface area (Å²) in [6, 6.07) is 7.19. The van der Waals surface area contributed by atoms with Crippen molar-refractivity contribution in [1.29, 1.82) is 0 Å².